The minimum absolute atomic E-state index is 0.0973. The fourth-order valence-corrected chi connectivity index (χ4v) is 1.77. The predicted octanol–water partition coefficient (Wildman–Crippen LogP) is 0.600. The highest BCUT2D eigenvalue weighted by Crippen LogP contribution is 2.32. The van der Waals surface area contributed by atoms with Crippen LogP contribution >= 0.6 is 0 Å². The number of aliphatic carboxylic acids is 1. The number of carboxylic acids is 1. The second kappa shape index (κ2) is 4.28. The molecule has 4 nitrogen and oxygen atoms in total. The van der Waals surface area contributed by atoms with Gasteiger partial charge in [0, 0.05) is 11.6 Å². The molecule has 1 aliphatic rings. The van der Waals surface area contributed by atoms with Crippen molar-refractivity contribution in [3.63, 3.8) is 0 Å². The molecule has 2 unspecified atom stereocenters. The van der Waals surface area contributed by atoms with Gasteiger partial charge in [0.05, 0.1) is 12.5 Å². The summed E-state index contributed by atoms with van der Waals surface area (Å²) in [5.41, 5.74) is -0.205. The first-order valence-corrected chi connectivity index (χ1v) is 5.12. The minimum atomic E-state index is -0.794. The maximum atomic E-state index is 10.7. The Kier molecular flexibility index (Phi) is 3.50. The number of carboxylic acid groups (broad SMARTS) is 1. The summed E-state index contributed by atoms with van der Waals surface area (Å²) >= 11 is 0. The molecule has 14 heavy (non-hydrogen) atoms. The Balaban J connectivity index is 2.46. The third kappa shape index (κ3) is 2.25. The molecule has 0 aromatic rings. The van der Waals surface area contributed by atoms with Crippen molar-refractivity contribution in [1.82, 2.24) is 5.32 Å². The van der Waals surface area contributed by atoms with Gasteiger partial charge in [-0.15, -0.1) is 0 Å². The van der Waals surface area contributed by atoms with Crippen LogP contribution in [0.4, 0.5) is 0 Å². The number of hydrogen-bond acceptors (Lipinski definition) is 3. The predicted molar refractivity (Wildman–Crippen MR) is 53.1 cm³/mol. The van der Waals surface area contributed by atoms with E-state index in [-0.39, 0.29) is 18.2 Å². The van der Waals surface area contributed by atoms with E-state index in [2.05, 4.69) is 5.32 Å². The number of nitrogens with one attached hydrogen (secondary N) is 1. The van der Waals surface area contributed by atoms with Crippen molar-refractivity contribution in [3.05, 3.63) is 0 Å². The van der Waals surface area contributed by atoms with Crippen molar-refractivity contribution in [1.29, 1.82) is 0 Å². The molecule has 0 aliphatic heterocycles. The topological polar surface area (TPSA) is 69.6 Å². The first kappa shape index (κ1) is 11.5. The van der Waals surface area contributed by atoms with E-state index < -0.39 is 11.9 Å². The fraction of sp³-hybridized carbons (Fsp3) is 0.900. The van der Waals surface area contributed by atoms with Gasteiger partial charge in [-0.05, 0) is 26.2 Å². The molecular weight excluding hydrogens is 182 g/mol. The van der Waals surface area contributed by atoms with Gasteiger partial charge >= 0.3 is 5.97 Å². The molecule has 82 valence electrons. The van der Waals surface area contributed by atoms with Crippen molar-refractivity contribution in [3.8, 4) is 0 Å². The summed E-state index contributed by atoms with van der Waals surface area (Å²) in [6.45, 7) is 3.64. The molecule has 0 saturated heterocycles. The van der Waals surface area contributed by atoms with E-state index in [0.29, 0.717) is 0 Å². The molecule has 1 aliphatic carbocycles. The number of aliphatic hydroxyl groups is 1. The van der Waals surface area contributed by atoms with Crippen LogP contribution in [0.15, 0.2) is 0 Å². The van der Waals surface area contributed by atoms with Crippen molar-refractivity contribution in [2.24, 2.45) is 5.92 Å². The summed E-state index contributed by atoms with van der Waals surface area (Å²) in [5.74, 6) is -1.21. The van der Waals surface area contributed by atoms with Crippen LogP contribution in [0.25, 0.3) is 0 Å². The van der Waals surface area contributed by atoms with E-state index in [1.54, 1.807) is 6.92 Å². The Bertz CT molecular complexity index is 208. The standard InChI is InChI=1S/C10H19NO3/c1-7(9(13)14)8(2)11-10(6-12)4-3-5-10/h7-8,11-12H,3-6H2,1-2H3,(H,13,14). The van der Waals surface area contributed by atoms with Crippen LogP contribution in [0.1, 0.15) is 33.1 Å². The number of carbonyl (C=O) groups is 1. The zero-order chi connectivity index (χ0) is 10.8. The van der Waals surface area contributed by atoms with E-state index in [1.165, 1.54) is 0 Å². The molecule has 1 rings (SSSR count). The lowest BCUT2D eigenvalue weighted by Crippen LogP contribution is -2.58. The molecule has 0 aromatic heterocycles. The molecular formula is C10H19NO3. The highest BCUT2D eigenvalue weighted by molar-refractivity contribution is 5.70. The van der Waals surface area contributed by atoms with Gasteiger partial charge in [0.15, 0.2) is 0 Å². The molecule has 0 amide bonds. The third-order valence-electron chi connectivity index (χ3n) is 3.29. The van der Waals surface area contributed by atoms with Crippen LogP contribution in [0.3, 0.4) is 0 Å². The number of aliphatic hydroxyl groups excluding tert-OH is 1. The Morgan fingerprint density at radius 1 is 1.50 bits per heavy atom. The van der Waals surface area contributed by atoms with Gasteiger partial charge < -0.3 is 15.5 Å². The van der Waals surface area contributed by atoms with Crippen molar-refractivity contribution in [2.75, 3.05) is 6.61 Å². The Morgan fingerprint density at radius 2 is 2.07 bits per heavy atom. The quantitative estimate of drug-likeness (QED) is 0.609. The molecule has 1 fully saturated rings. The highest BCUT2D eigenvalue weighted by atomic mass is 16.4. The Hall–Kier alpha value is -0.610. The largest absolute Gasteiger partial charge is 0.481 e. The number of hydrogen-bond donors (Lipinski definition) is 3. The first-order valence-electron chi connectivity index (χ1n) is 5.12. The SMILES string of the molecule is CC(NC1(CO)CCC1)C(C)C(=O)O. The van der Waals surface area contributed by atoms with Crippen LogP contribution in [-0.4, -0.2) is 34.4 Å². The van der Waals surface area contributed by atoms with E-state index in [1.807, 2.05) is 6.92 Å². The minimum Gasteiger partial charge on any atom is -0.481 e. The molecule has 0 heterocycles. The van der Waals surface area contributed by atoms with E-state index in [4.69, 9.17) is 5.11 Å². The van der Waals surface area contributed by atoms with Gasteiger partial charge in [-0.3, -0.25) is 4.79 Å². The zero-order valence-corrected chi connectivity index (χ0v) is 8.79. The summed E-state index contributed by atoms with van der Waals surface area (Å²) < 4.78 is 0. The smallest absolute Gasteiger partial charge is 0.307 e. The Morgan fingerprint density at radius 3 is 2.36 bits per heavy atom. The normalized spacial score (nSPS) is 23.6. The first-order chi connectivity index (χ1) is 6.51. The summed E-state index contributed by atoms with van der Waals surface area (Å²) in [7, 11) is 0. The monoisotopic (exact) mass is 201 g/mol. The maximum Gasteiger partial charge on any atom is 0.307 e. The van der Waals surface area contributed by atoms with Gasteiger partial charge in [0.25, 0.3) is 0 Å². The van der Waals surface area contributed by atoms with E-state index in [9.17, 15) is 9.90 Å². The summed E-state index contributed by atoms with van der Waals surface area (Å²) in [6.07, 6.45) is 3.00. The van der Waals surface area contributed by atoms with Crippen molar-refractivity contribution >= 4 is 5.97 Å². The lowest BCUT2D eigenvalue weighted by atomic mass is 9.76. The molecule has 0 aromatic carbocycles. The summed E-state index contributed by atoms with van der Waals surface area (Å²) in [5, 5.41) is 21.2. The third-order valence-corrected chi connectivity index (χ3v) is 3.29. The van der Waals surface area contributed by atoms with E-state index >= 15 is 0 Å². The lowest BCUT2D eigenvalue weighted by Gasteiger charge is -2.44. The van der Waals surface area contributed by atoms with Crippen molar-refractivity contribution in [2.45, 2.75) is 44.7 Å². The van der Waals surface area contributed by atoms with Gasteiger partial charge in [-0.25, -0.2) is 0 Å². The van der Waals surface area contributed by atoms with Gasteiger partial charge in [-0.1, -0.05) is 6.92 Å². The molecule has 0 radical (unpaired) electrons. The summed E-state index contributed by atoms with van der Waals surface area (Å²) in [6, 6.07) is -0.0973. The fourth-order valence-electron chi connectivity index (χ4n) is 1.77. The molecule has 0 bridgehead atoms. The van der Waals surface area contributed by atoms with Crippen LogP contribution < -0.4 is 5.32 Å². The van der Waals surface area contributed by atoms with Crippen LogP contribution in [-0.2, 0) is 4.79 Å². The molecule has 2 atom stereocenters. The number of rotatable bonds is 5. The van der Waals surface area contributed by atoms with Gasteiger partial charge in [-0.2, -0.15) is 0 Å². The van der Waals surface area contributed by atoms with Crippen LogP contribution in [0.2, 0.25) is 0 Å². The average Bonchev–Trinajstić information content (AvgIpc) is 2.09. The average molecular weight is 201 g/mol. The molecule has 4 heteroatoms. The van der Waals surface area contributed by atoms with Crippen LogP contribution in [0.5, 0.6) is 0 Å². The second-order valence-electron chi connectivity index (χ2n) is 4.35. The van der Waals surface area contributed by atoms with E-state index in [0.717, 1.165) is 19.3 Å². The molecule has 1 saturated carbocycles. The van der Waals surface area contributed by atoms with Crippen molar-refractivity contribution < 1.29 is 15.0 Å². The van der Waals surface area contributed by atoms with Gasteiger partial charge in [0.1, 0.15) is 0 Å². The second-order valence-corrected chi connectivity index (χ2v) is 4.35. The summed E-state index contributed by atoms with van der Waals surface area (Å²) in [4.78, 5) is 10.7. The highest BCUT2D eigenvalue weighted by Gasteiger charge is 2.38. The zero-order valence-electron chi connectivity index (χ0n) is 8.79. The lowest BCUT2D eigenvalue weighted by molar-refractivity contribution is -0.142. The van der Waals surface area contributed by atoms with Gasteiger partial charge in [0.2, 0.25) is 0 Å². The Labute approximate surface area is 84.3 Å². The molecule has 0 spiro atoms. The maximum absolute atomic E-state index is 10.7. The molecule has 3 N–H and O–H groups in total. The van der Waals surface area contributed by atoms with Crippen LogP contribution in [0, 0.1) is 5.92 Å².